The van der Waals surface area contributed by atoms with Crippen molar-refractivity contribution in [3.05, 3.63) is 51.1 Å². The van der Waals surface area contributed by atoms with Crippen molar-refractivity contribution in [3.8, 4) is 0 Å². The average Bonchev–Trinajstić information content (AvgIpc) is 3.00. The number of piperazine rings is 1. The Balaban J connectivity index is 1.47. The molecule has 0 unspecified atom stereocenters. The Morgan fingerprint density at radius 3 is 2.50 bits per heavy atom. The number of rotatable bonds is 5. The summed E-state index contributed by atoms with van der Waals surface area (Å²) in [4.78, 5) is 16.9. The smallest absolute Gasteiger partial charge is 0.282 e. The van der Waals surface area contributed by atoms with Gasteiger partial charge in [-0.25, -0.2) is 0 Å². The number of para-hydroxylation sites is 1. The minimum Gasteiger partial charge on any atom is -0.321 e. The summed E-state index contributed by atoms with van der Waals surface area (Å²) in [5.41, 5.74) is 0.876. The molecule has 0 bridgehead atoms. The number of amides is 1. The fourth-order valence-electron chi connectivity index (χ4n) is 3.19. The van der Waals surface area contributed by atoms with Crippen molar-refractivity contribution in [1.82, 2.24) is 0 Å². The zero-order valence-electron chi connectivity index (χ0n) is 13.8. The van der Waals surface area contributed by atoms with E-state index in [9.17, 15) is 4.79 Å². The molecule has 0 saturated carbocycles. The summed E-state index contributed by atoms with van der Waals surface area (Å²) in [5, 5.41) is 3.02. The van der Waals surface area contributed by atoms with Crippen LogP contribution < -0.4 is 15.1 Å². The molecule has 1 amide bonds. The van der Waals surface area contributed by atoms with Crippen molar-refractivity contribution in [2.45, 2.75) is 19.5 Å². The van der Waals surface area contributed by atoms with Crippen LogP contribution in [0.1, 0.15) is 11.8 Å². The number of thiophene rings is 1. The summed E-state index contributed by atoms with van der Waals surface area (Å²) < 4.78 is 1.20. The van der Waals surface area contributed by atoms with Crippen molar-refractivity contribution in [1.29, 1.82) is 0 Å². The molecule has 2 heterocycles. The first kappa shape index (κ1) is 17.6. The van der Waals surface area contributed by atoms with E-state index < -0.39 is 0 Å². The first-order valence-corrected chi connectivity index (χ1v) is 10.0. The standard InChI is InChI=1S/C18H22BrN3OS/c1-14(18(23)20-15-5-3-2-4-6-15)22-11-9-21(10-12-22)13-16-7-8-17(19)24-16/h2-8,14H,9-13H2,1H3,(H,20,23)/p+2/t14-/m1/s1. The molecule has 0 aliphatic carbocycles. The van der Waals surface area contributed by atoms with Crippen molar-refractivity contribution in [2.24, 2.45) is 0 Å². The van der Waals surface area contributed by atoms with Gasteiger partial charge in [-0.2, -0.15) is 0 Å². The molecule has 1 aromatic carbocycles. The van der Waals surface area contributed by atoms with E-state index in [-0.39, 0.29) is 11.9 Å². The summed E-state index contributed by atoms with van der Waals surface area (Å²) in [7, 11) is 0. The molecule has 1 atom stereocenters. The molecule has 6 heteroatoms. The van der Waals surface area contributed by atoms with Gasteiger partial charge < -0.3 is 15.1 Å². The quantitative estimate of drug-likeness (QED) is 0.671. The Morgan fingerprint density at radius 2 is 1.88 bits per heavy atom. The molecule has 0 spiro atoms. The number of quaternary nitrogens is 2. The highest BCUT2D eigenvalue weighted by Gasteiger charge is 2.31. The van der Waals surface area contributed by atoms with Crippen molar-refractivity contribution < 1.29 is 14.6 Å². The van der Waals surface area contributed by atoms with Gasteiger partial charge in [-0.1, -0.05) is 18.2 Å². The van der Waals surface area contributed by atoms with Crippen LogP contribution in [0.2, 0.25) is 0 Å². The van der Waals surface area contributed by atoms with E-state index in [4.69, 9.17) is 0 Å². The van der Waals surface area contributed by atoms with E-state index in [1.807, 2.05) is 48.6 Å². The molecule has 1 aromatic heterocycles. The number of carbonyl (C=O) groups excluding carboxylic acids is 1. The Kier molecular flexibility index (Phi) is 6.05. The lowest BCUT2D eigenvalue weighted by atomic mass is 10.2. The van der Waals surface area contributed by atoms with Crippen LogP contribution in [0.15, 0.2) is 46.3 Å². The van der Waals surface area contributed by atoms with Gasteiger partial charge in [-0.05, 0) is 47.1 Å². The third kappa shape index (κ3) is 4.66. The van der Waals surface area contributed by atoms with Crippen molar-refractivity contribution >= 4 is 38.9 Å². The Morgan fingerprint density at radius 1 is 1.17 bits per heavy atom. The summed E-state index contributed by atoms with van der Waals surface area (Å²) >= 11 is 5.35. The Bertz CT molecular complexity index is 668. The molecule has 1 fully saturated rings. The van der Waals surface area contributed by atoms with Crippen LogP contribution in [0.5, 0.6) is 0 Å². The van der Waals surface area contributed by atoms with Crippen LogP contribution in [0.4, 0.5) is 5.69 Å². The highest BCUT2D eigenvalue weighted by Crippen LogP contribution is 2.21. The van der Waals surface area contributed by atoms with E-state index in [1.165, 1.54) is 13.6 Å². The van der Waals surface area contributed by atoms with E-state index in [2.05, 4.69) is 33.4 Å². The molecule has 3 N–H and O–H groups in total. The van der Waals surface area contributed by atoms with E-state index in [1.54, 1.807) is 4.90 Å². The van der Waals surface area contributed by atoms with E-state index in [0.29, 0.717) is 0 Å². The molecular formula is C18H24BrN3OS+2. The van der Waals surface area contributed by atoms with E-state index in [0.717, 1.165) is 38.4 Å². The summed E-state index contributed by atoms with van der Waals surface area (Å²) in [5.74, 6) is 0.113. The fourth-order valence-corrected chi connectivity index (χ4v) is 4.74. The lowest BCUT2D eigenvalue weighted by Crippen LogP contribution is -3.29. The molecule has 2 aromatic rings. The van der Waals surface area contributed by atoms with Gasteiger partial charge in [0.15, 0.2) is 6.04 Å². The number of carbonyl (C=O) groups is 1. The SMILES string of the molecule is C[C@H](C(=O)Nc1ccccc1)[NH+]1CC[NH+](Cc2ccc(Br)s2)CC1. The number of anilines is 1. The highest BCUT2D eigenvalue weighted by molar-refractivity contribution is 9.11. The molecule has 0 radical (unpaired) electrons. The maximum atomic E-state index is 12.4. The normalized spacial score (nSPS) is 22.1. The first-order chi connectivity index (χ1) is 11.6. The molecule has 1 aliphatic rings. The molecule has 24 heavy (non-hydrogen) atoms. The van der Waals surface area contributed by atoms with Gasteiger partial charge in [-0.3, -0.25) is 4.79 Å². The molecule has 128 valence electrons. The van der Waals surface area contributed by atoms with Gasteiger partial charge in [0.2, 0.25) is 0 Å². The van der Waals surface area contributed by atoms with Crippen LogP contribution in [0, 0.1) is 0 Å². The zero-order valence-corrected chi connectivity index (χ0v) is 16.3. The summed E-state index contributed by atoms with van der Waals surface area (Å²) in [6.07, 6.45) is 0. The van der Waals surface area contributed by atoms with Crippen molar-refractivity contribution in [2.75, 3.05) is 31.5 Å². The second-order valence-corrected chi connectivity index (χ2v) is 8.92. The maximum Gasteiger partial charge on any atom is 0.282 e. The van der Waals surface area contributed by atoms with Crippen LogP contribution in [0.3, 0.4) is 0 Å². The van der Waals surface area contributed by atoms with Crippen LogP contribution >= 0.6 is 27.3 Å². The zero-order chi connectivity index (χ0) is 16.9. The predicted molar refractivity (Wildman–Crippen MR) is 102 cm³/mol. The monoisotopic (exact) mass is 409 g/mol. The molecule has 4 nitrogen and oxygen atoms in total. The number of hydrogen-bond acceptors (Lipinski definition) is 2. The third-order valence-corrected chi connectivity index (χ3v) is 6.32. The second kappa shape index (κ2) is 8.25. The van der Waals surface area contributed by atoms with Gasteiger partial charge >= 0.3 is 0 Å². The number of benzene rings is 1. The van der Waals surface area contributed by atoms with Crippen LogP contribution in [-0.4, -0.2) is 38.1 Å². The van der Waals surface area contributed by atoms with Gasteiger partial charge in [0, 0.05) is 5.69 Å². The summed E-state index contributed by atoms with van der Waals surface area (Å²) in [6, 6.07) is 14.0. The second-order valence-electron chi connectivity index (χ2n) is 6.37. The van der Waals surface area contributed by atoms with Crippen LogP contribution in [0.25, 0.3) is 0 Å². The highest BCUT2D eigenvalue weighted by atomic mass is 79.9. The van der Waals surface area contributed by atoms with Gasteiger partial charge in [0.1, 0.15) is 32.7 Å². The number of halogens is 1. The van der Waals surface area contributed by atoms with Gasteiger partial charge in [0.05, 0.1) is 8.66 Å². The predicted octanol–water partition coefficient (Wildman–Crippen LogP) is 0.821. The third-order valence-electron chi connectivity index (χ3n) is 4.70. The maximum absolute atomic E-state index is 12.4. The van der Waals surface area contributed by atoms with Gasteiger partial charge in [-0.15, -0.1) is 11.3 Å². The molecule has 1 aliphatic heterocycles. The summed E-state index contributed by atoms with van der Waals surface area (Å²) in [6.45, 7) is 7.46. The first-order valence-electron chi connectivity index (χ1n) is 8.40. The topological polar surface area (TPSA) is 38.0 Å². The minimum absolute atomic E-state index is 0.0114. The average molecular weight is 410 g/mol. The van der Waals surface area contributed by atoms with Crippen molar-refractivity contribution in [3.63, 3.8) is 0 Å². The molecule has 1 saturated heterocycles. The number of nitrogens with one attached hydrogen (secondary N) is 3. The Labute approximate surface area is 155 Å². The lowest BCUT2D eigenvalue weighted by molar-refractivity contribution is -1.02. The van der Waals surface area contributed by atoms with Crippen LogP contribution in [-0.2, 0) is 11.3 Å². The molecule has 3 rings (SSSR count). The van der Waals surface area contributed by atoms with E-state index >= 15 is 0 Å². The fraction of sp³-hybridized carbons (Fsp3) is 0.389. The minimum atomic E-state index is -0.0114. The Hall–Kier alpha value is -1.21. The van der Waals surface area contributed by atoms with Gasteiger partial charge in [0.25, 0.3) is 5.91 Å². The largest absolute Gasteiger partial charge is 0.321 e. The number of hydrogen-bond donors (Lipinski definition) is 3. The lowest BCUT2D eigenvalue weighted by Gasteiger charge is -2.32. The molecular weight excluding hydrogens is 386 g/mol.